The fourth-order valence-electron chi connectivity index (χ4n) is 6.97. The summed E-state index contributed by atoms with van der Waals surface area (Å²) < 4.78 is 0. The van der Waals surface area contributed by atoms with Crippen molar-refractivity contribution in [3.8, 4) is 0 Å². The number of nitrogens with one attached hydrogen (secondary N) is 1. The Balaban J connectivity index is 1.58. The predicted octanol–water partition coefficient (Wildman–Crippen LogP) is 4.54. The summed E-state index contributed by atoms with van der Waals surface area (Å²) in [5.41, 5.74) is 2.62. The second kappa shape index (κ2) is 8.30. The van der Waals surface area contributed by atoms with Crippen LogP contribution in [0.4, 0.5) is 0 Å². The van der Waals surface area contributed by atoms with Crippen LogP contribution >= 0.6 is 0 Å². The van der Waals surface area contributed by atoms with Crippen LogP contribution < -0.4 is 0 Å². The van der Waals surface area contributed by atoms with Gasteiger partial charge in [0.25, 0.3) is 5.91 Å². The minimum atomic E-state index is -0.0765. The van der Waals surface area contributed by atoms with Crippen molar-refractivity contribution in [3.63, 3.8) is 0 Å². The van der Waals surface area contributed by atoms with E-state index in [2.05, 4.69) is 65.0 Å². The zero-order valence-corrected chi connectivity index (χ0v) is 20.3. The molecule has 1 N–H and O–H groups in total. The number of hydrogen-bond donors (Lipinski definition) is 1. The van der Waals surface area contributed by atoms with Crippen LogP contribution in [-0.4, -0.2) is 56.0 Å². The number of piperidine rings is 1. The normalized spacial score (nSPS) is 31.1. The Morgan fingerprint density at radius 1 is 1.12 bits per heavy atom. The molecule has 0 unspecified atom stereocenters. The molecular weight excluding hydrogens is 412 g/mol. The average molecular weight is 449 g/mol. The van der Waals surface area contributed by atoms with Crippen LogP contribution in [-0.2, 0) is 11.2 Å². The molecule has 3 aliphatic rings. The van der Waals surface area contributed by atoms with E-state index in [0.29, 0.717) is 5.69 Å². The van der Waals surface area contributed by atoms with Gasteiger partial charge in [-0.15, -0.1) is 0 Å². The highest BCUT2D eigenvalue weighted by Gasteiger charge is 2.63. The molecule has 1 aromatic carbocycles. The molecule has 1 aliphatic carbocycles. The number of amides is 2. The molecule has 1 aromatic heterocycles. The van der Waals surface area contributed by atoms with Crippen molar-refractivity contribution in [2.45, 2.75) is 96.3 Å². The standard InChI is InChI=1S/C27H36N4O2/c1-17(2)20-15-21(29-28-20)26(33)31-23-16-27(4)24(12-8-9-13-25(27)31)30(18(3)32)22(23)14-19-10-6-5-7-11-19/h5-7,10-11,15,17,22-25H,8-9,12-14,16H2,1-4H3,(H,28,29)/t22-,23-,24+,25-,27+/m0/s1. The monoisotopic (exact) mass is 448 g/mol. The van der Waals surface area contributed by atoms with E-state index in [9.17, 15) is 9.59 Å². The highest BCUT2D eigenvalue weighted by Crippen LogP contribution is 2.55. The highest BCUT2D eigenvalue weighted by atomic mass is 16.2. The first kappa shape index (κ1) is 22.2. The molecule has 33 heavy (non-hydrogen) atoms. The Hall–Kier alpha value is -2.63. The van der Waals surface area contributed by atoms with E-state index < -0.39 is 0 Å². The summed E-state index contributed by atoms with van der Waals surface area (Å²) >= 11 is 0. The van der Waals surface area contributed by atoms with Crippen LogP contribution in [0.5, 0.6) is 0 Å². The fraction of sp³-hybridized carbons (Fsp3) is 0.593. The minimum absolute atomic E-state index is 0.00477. The maximum atomic E-state index is 14.0. The van der Waals surface area contributed by atoms with Crippen molar-refractivity contribution in [2.75, 3.05) is 0 Å². The number of H-pyrrole nitrogens is 1. The molecule has 2 saturated heterocycles. The van der Waals surface area contributed by atoms with Gasteiger partial charge < -0.3 is 9.80 Å². The van der Waals surface area contributed by atoms with Gasteiger partial charge in [-0.1, -0.05) is 63.9 Å². The number of fused-ring (bicyclic) bond motifs is 1. The number of likely N-dealkylation sites (tertiary alicyclic amines) is 2. The molecule has 6 nitrogen and oxygen atoms in total. The number of aromatic nitrogens is 2. The summed E-state index contributed by atoms with van der Waals surface area (Å²) in [6.45, 7) is 8.23. The Labute approximate surface area is 196 Å². The van der Waals surface area contributed by atoms with Crippen molar-refractivity contribution < 1.29 is 9.59 Å². The molecule has 5 rings (SSSR count). The molecule has 3 fully saturated rings. The molecule has 1 saturated carbocycles. The third-order valence-corrected chi connectivity index (χ3v) is 8.53. The van der Waals surface area contributed by atoms with Crippen molar-refractivity contribution in [1.82, 2.24) is 20.0 Å². The summed E-state index contributed by atoms with van der Waals surface area (Å²) in [6, 6.07) is 12.6. The van der Waals surface area contributed by atoms with Gasteiger partial charge >= 0.3 is 0 Å². The number of hydrogen-bond acceptors (Lipinski definition) is 3. The van der Waals surface area contributed by atoms with Gasteiger partial charge in [0.2, 0.25) is 5.91 Å². The summed E-state index contributed by atoms with van der Waals surface area (Å²) in [6.07, 6.45) is 5.95. The van der Waals surface area contributed by atoms with Crippen LogP contribution in [0.1, 0.15) is 87.5 Å². The number of aromatic amines is 1. The lowest BCUT2D eigenvalue weighted by Gasteiger charge is -2.50. The number of nitrogens with zero attached hydrogens (tertiary/aromatic N) is 3. The van der Waals surface area contributed by atoms with Crippen LogP contribution in [0, 0.1) is 5.41 Å². The van der Waals surface area contributed by atoms with Gasteiger partial charge in [-0.05, 0) is 43.2 Å². The van der Waals surface area contributed by atoms with Gasteiger partial charge in [-0.2, -0.15) is 5.10 Å². The number of rotatable bonds is 4. The minimum Gasteiger partial charge on any atom is -0.334 e. The van der Waals surface area contributed by atoms with Gasteiger partial charge in [0.15, 0.2) is 0 Å². The molecule has 5 atom stereocenters. The Kier molecular flexibility index (Phi) is 5.58. The quantitative estimate of drug-likeness (QED) is 0.747. The van der Waals surface area contributed by atoms with Crippen LogP contribution in [0.2, 0.25) is 0 Å². The van der Waals surface area contributed by atoms with Crippen molar-refractivity contribution in [2.24, 2.45) is 5.41 Å². The van der Waals surface area contributed by atoms with Crippen molar-refractivity contribution in [1.29, 1.82) is 0 Å². The third-order valence-electron chi connectivity index (χ3n) is 8.53. The zero-order chi connectivity index (χ0) is 23.3. The lowest BCUT2D eigenvalue weighted by atomic mass is 9.69. The smallest absolute Gasteiger partial charge is 0.274 e. The summed E-state index contributed by atoms with van der Waals surface area (Å²) in [7, 11) is 0. The summed E-state index contributed by atoms with van der Waals surface area (Å²) in [5, 5.41) is 7.48. The van der Waals surface area contributed by atoms with Crippen molar-refractivity contribution in [3.05, 3.63) is 53.3 Å². The van der Waals surface area contributed by atoms with E-state index >= 15 is 0 Å². The maximum Gasteiger partial charge on any atom is 0.274 e. The van der Waals surface area contributed by atoms with E-state index in [4.69, 9.17) is 0 Å². The number of benzene rings is 1. The van der Waals surface area contributed by atoms with E-state index in [1.54, 1.807) is 6.92 Å². The molecule has 2 amide bonds. The number of carbonyl (C=O) groups excluding carboxylic acids is 2. The van der Waals surface area contributed by atoms with Gasteiger partial charge in [0.05, 0.1) is 12.1 Å². The Bertz CT molecular complexity index is 1030. The Morgan fingerprint density at radius 2 is 1.79 bits per heavy atom. The van der Waals surface area contributed by atoms with Crippen LogP contribution in [0.15, 0.2) is 36.4 Å². The molecule has 0 spiro atoms. The molecule has 176 valence electrons. The van der Waals surface area contributed by atoms with E-state index in [0.717, 1.165) is 44.2 Å². The largest absolute Gasteiger partial charge is 0.334 e. The molecule has 6 heteroatoms. The van der Waals surface area contributed by atoms with Crippen LogP contribution in [0.25, 0.3) is 0 Å². The fourth-order valence-corrected chi connectivity index (χ4v) is 6.97. The molecule has 3 heterocycles. The zero-order valence-electron chi connectivity index (χ0n) is 20.3. The van der Waals surface area contributed by atoms with Gasteiger partial charge in [0.1, 0.15) is 5.69 Å². The number of carbonyl (C=O) groups is 2. The van der Waals surface area contributed by atoms with Crippen molar-refractivity contribution >= 4 is 11.8 Å². The first-order chi connectivity index (χ1) is 15.8. The molecule has 2 aliphatic heterocycles. The lowest BCUT2D eigenvalue weighted by molar-refractivity contribution is -0.141. The van der Waals surface area contributed by atoms with Crippen LogP contribution in [0.3, 0.4) is 0 Å². The second-order valence-corrected chi connectivity index (χ2v) is 10.9. The first-order valence-electron chi connectivity index (χ1n) is 12.5. The molecule has 2 aromatic rings. The summed E-state index contributed by atoms with van der Waals surface area (Å²) in [5.74, 6) is 0.435. The topological polar surface area (TPSA) is 69.3 Å². The maximum absolute atomic E-state index is 14.0. The van der Waals surface area contributed by atoms with E-state index in [1.165, 1.54) is 5.56 Å². The molecule has 0 radical (unpaired) electrons. The first-order valence-corrected chi connectivity index (χ1v) is 12.5. The van der Waals surface area contributed by atoms with E-state index in [1.807, 2.05) is 12.1 Å². The van der Waals surface area contributed by atoms with E-state index in [-0.39, 0.29) is 47.3 Å². The molecular formula is C27H36N4O2. The lowest BCUT2D eigenvalue weighted by Crippen LogP contribution is -2.61. The van der Waals surface area contributed by atoms with Gasteiger partial charge in [-0.3, -0.25) is 14.7 Å². The van der Waals surface area contributed by atoms with Gasteiger partial charge in [-0.25, -0.2) is 0 Å². The average Bonchev–Trinajstić information content (AvgIpc) is 3.33. The molecule has 2 bridgehead atoms. The predicted molar refractivity (Wildman–Crippen MR) is 128 cm³/mol. The summed E-state index contributed by atoms with van der Waals surface area (Å²) in [4.78, 5) is 31.4. The van der Waals surface area contributed by atoms with Gasteiger partial charge in [0, 0.05) is 30.1 Å². The Morgan fingerprint density at radius 3 is 2.39 bits per heavy atom. The highest BCUT2D eigenvalue weighted by molar-refractivity contribution is 5.93. The SMILES string of the molecule is CC(=O)N1[C@@H](Cc2ccccc2)[C@@H]2C[C@@]3(C)[C@H](CCCC[C@@H]13)N2C(=O)c1cc(C(C)C)[nH]n1. The second-order valence-electron chi connectivity index (χ2n) is 10.9. The third kappa shape index (κ3) is 3.58.